The molecule has 1 aliphatic rings. The first kappa shape index (κ1) is 17.4. The van der Waals surface area contributed by atoms with Gasteiger partial charge in [0.05, 0.1) is 6.20 Å². The van der Waals surface area contributed by atoms with E-state index in [1.54, 1.807) is 3.97 Å². The van der Waals surface area contributed by atoms with Gasteiger partial charge in [-0.05, 0) is 40.9 Å². The summed E-state index contributed by atoms with van der Waals surface area (Å²) in [4.78, 5) is 4.72. The normalized spacial score (nSPS) is 18.9. The standard InChI is InChI=1S/C21H26N4S/c1-20(2)7-15(8-21(3,4)13-20)14-6-17-18(16-10-23-24(5)11-16)12-25(26)19(17)22-9-14/h6-7,9-12,26H,8,13H2,1-5H3. The lowest BCUT2D eigenvalue weighted by atomic mass is 9.66. The molecule has 0 aromatic carbocycles. The second-order valence-electron chi connectivity index (χ2n) is 9.06. The Kier molecular flexibility index (Phi) is 3.85. The maximum Gasteiger partial charge on any atom is 0.150 e. The highest BCUT2D eigenvalue weighted by Crippen LogP contribution is 2.47. The molecule has 1 aliphatic carbocycles. The van der Waals surface area contributed by atoms with Gasteiger partial charge < -0.3 is 0 Å². The van der Waals surface area contributed by atoms with Crippen molar-refractivity contribution in [3.8, 4) is 11.1 Å². The number of aryl methyl sites for hydroxylation is 1. The van der Waals surface area contributed by atoms with Crippen LogP contribution in [0.3, 0.4) is 0 Å². The fourth-order valence-corrected chi connectivity index (χ4v) is 4.90. The van der Waals surface area contributed by atoms with Gasteiger partial charge in [-0.15, -0.1) is 0 Å². The van der Waals surface area contributed by atoms with Crippen molar-refractivity contribution in [2.24, 2.45) is 17.9 Å². The molecular weight excluding hydrogens is 340 g/mol. The van der Waals surface area contributed by atoms with Gasteiger partial charge in [0.15, 0.2) is 0 Å². The van der Waals surface area contributed by atoms with E-state index in [0.29, 0.717) is 5.41 Å². The number of thiol groups is 1. The molecule has 4 rings (SSSR count). The first-order valence-electron chi connectivity index (χ1n) is 9.05. The Bertz CT molecular complexity index is 1020. The van der Waals surface area contributed by atoms with Crippen molar-refractivity contribution in [3.63, 3.8) is 0 Å². The Labute approximate surface area is 160 Å². The number of fused-ring (bicyclic) bond motifs is 1. The summed E-state index contributed by atoms with van der Waals surface area (Å²) >= 11 is 4.56. The Morgan fingerprint density at radius 3 is 2.50 bits per heavy atom. The Balaban J connectivity index is 1.87. The monoisotopic (exact) mass is 366 g/mol. The summed E-state index contributed by atoms with van der Waals surface area (Å²) < 4.78 is 3.62. The number of aromatic nitrogens is 4. The van der Waals surface area contributed by atoms with Crippen LogP contribution in [0.2, 0.25) is 0 Å². The van der Waals surface area contributed by atoms with Crippen LogP contribution in [0.5, 0.6) is 0 Å². The fraction of sp³-hybridized carbons (Fsp3) is 0.429. The van der Waals surface area contributed by atoms with Crippen LogP contribution in [-0.4, -0.2) is 18.7 Å². The second-order valence-corrected chi connectivity index (χ2v) is 9.49. The minimum absolute atomic E-state index is 0.202. The highest BCUT2D eigenvalue weighted by molar-refractivity contribution is 7.78. The smallest absolute Gasteiger partial charge is 0.150 e. The number of hydrogen-bond donors (Lipinski definition) is 1. The van der Waals surface area contributed by atoms with Crippen LogP contribution >= 0.6 is 12.8 Å². The third kappa shape index (κ3) is 3.09. The van der Waals surface area contributed by atoms with E-state index in [2.05, 4.69) is 57.8 Å². The van der Waals surface area contributed by atoms with Gasteiger partial charge in [-0.1, -0.05) is 46.6 Å². The lowest BCUT2D eigenvalue weighted by Crippen LogP contribution is -2.26. The number of allylic oxidation sites excluding steroid dienone is 2. The van der Waals surface area contributed by atoms with Crippen molar-refractivity contribution < 1.29 is 0 Å². The maximum atomic E-state index is 4.72. The van der Waals surface area contributed by atoms with Crippen molar-refractivity contribution in [1.82, 2.24) is 18.7 Å². The average molecular weight is 367 g/mol. The van der Waals surface area contributed by atoms with Gasteiger partial charge >= 0.3 is 0 Å². The third-order valence-electron chi connectivity index (χ3n) is 5.18. The second kappa shape index (κ2) is 5.74. The quantitative estimate of drug-likeness (QED) is 0.620. The van der Waals surface area contributed by atoms with E-state index in [1.807, 2.05) is 36.5 Å². The Morgan fingerprint density at radius 1 is 1.08 bits per heavy atom. The molecule has 0 atom stereocenters. The van der Waals surface area contributed by atoms with Crippen LogP contribution in [0.15, 0.2) is 36.9 Å². The molecule has 0 unspecified atom stereocenters. The van der Waals surface area contributed by atoms with Gasteiger partial charge in [0.1, 0.15) is 5.65 Å². The van der Waals surface area contributed by atoms with Crippen molar-refractivity contribution in [3.05, 3.63) is 42.5 Å². The number of pyridine rings is 1. The highest BCUT2D eigenvalue weighted by atomic mass is 32.1. The zero-order valence-electron chi connectivity index (χ0n) is 16.1. The van der Waals surface area contributed by atoms with Crippen LogP contribution in [-0.2, 0) is 7.05 Å². The summed E-state index contributed by atoms with van der Waals surface area (Å²) in [6, 6.07) is 2.26. The topological polar surface area (TPSA) is 35.6 Å². The molecule has 3 aromatic heterocycles. The summed E-state index contributed by atoms with van der Waals surface area (Å²) in [6.45, 7) is 9.37. The van der Waals surface area contributed by atoms with Gasteiger partial charge in [0.25, 0.3) is 0 Å². The van der Waals surface area contributed by atoms with Gasteiger partial charge in [0.2, 0.25) is 0 Å². The first-order valence-corrected chi connectivity index (χ1v) is 9.45. The van der Waals surface area contributed by atoms with E-state index >= 15 is 0 Å². The fourth-order valence-electron chi connectivity index (χ4n) is 4.63. The van der Waals surface area contributed by atoms with Gasteiger partial charge in [-0.25, -0.2) is 4.98 Å². The molecule has 0 N–H and O–H groups in total. The molecule has 3 aromatic rings. The molecule has 136 valence electrons. The summed E-state index contributed by atoms with van der Waals surface area (Å²) in [6.07, 6.45) is 12.6. The summed E-state index contributed by atoms with van der Waals surface area (Å²) in [5.74, 6) is 0. The molecular formula is C21H26N4S. The lowest BCUT2D eigenvalue weighted by molar-refractivity contribution is 0.229. The predicted octanol–water partition coefficient (Wildman–Crippen LogP) is 5.36. The molecule has 0 radical (unpaired) electrons. The molecule has 0 saturated carbocycles. The largest absolute Gasteiger partial charge is 0.277 e. The van der Waals surface area contributed by atoms with E-state index in [9.17, 15) is 0 Å². The Hall–Kier alpha value is -2.01. The molecule has 5 heteroatoms. The van der Waals surface area contributed by atoms with Crippen LogP contribution in [0.4, 0.5) is 0 Å². The summed E-state index contributed by atoms with van der Waals surface area (Å²) in [5.41, 5.74) is 6.19. The molecule has 0 aliphatic heterocycles. The number of nitrogens with zero attached hydrogens (tertiary/aromatic N) is 4. The molecule has 0 fully saturated rings. The third-order valence-corrected chi connectivity index (χ3v) is 5.48. The van der Waals surface area contributed by atoms with Gasteiger partial charge in [-0.3, -0.25) is 8.65 Å². The van der Waals surface area contributed by atoms with Crippen LogP contribution in [0.1, 0.15) is 46.1 Å². The zero-order valence-corrected chi connectivity index (χ0v) is 17.0. The maximum absolute atomic E-state index is 4.72. The first-order chi connectivity index (χ1) is 12.1. The molecule has 26 heavy (non-hydrogen) atoms. The summed E-state index contributed by atoms with van der Waals surface area (Å²) in [7, 11) is 1.93. The van der Waals surface area contributed by atoms with Crippen molar-refractivity contribution >= 4 is 29.4 Å². The van der Waals surface area contributed by atoms with E-state index < -0.39 is 0 Å². The predicted molar refractivity (Wildman–Crippen MR) is 111 cm³/mol. The van der Waals surface area contributed by atoms with Crippen molar-refractivity contribution in [2.45, 2.75) is 40.5 Å². The number of hydrogen-bond acceptors (Lipinski definition) is 3. The van der Waals surface area contributed by atoms with E-state index in [4.69, 9.17) is 4.98 Å². The minimum atomic E-state index is 0.202. The summed E-state index contributed by atoms with van der Waals surface area (Å²) in [5, 5.41) is 5.43. The number of rotatable bonds is 2. The molecule has 0 amide bonds. The SMILES string of the molecule is Cn1cc(-c2cn(S)c3ncc(C4=CC(C)(C)CC(C)(C)C4)cc23)cn1. The zero-order chi connectivity index (χ0) is 18.7. The van der Waals surface area contributed by atoms with Crippen LogP contribution in [0.25, 0.3) is 27.7 Å². The molecule has 0 bridgehead atoms. The highest BCUT2D eigenvalue weighted by Gasteiger charge is 2.33. The Morgan fingerprint density at radius 2 is 1.85 bits per heavy atom. The molecule has 3 heterocycles. The molecule has 0 saturated heterocycles. The molecule has 0 spiro atoms. The van der Waals surface area contributed by atoms with E-state index in [0.717, 1.165) is 28.6 Å². The van der Waals surface area contributed by atoms with Crippen molar-refractivity contribution in [2.75, 3.05) is 0 Å². The van der Waals surface area contributed by atoms with Crippen LogP contribution in [0, 0.1) is 10.8 Å². The van der Waals surface area contributed by atoms with E-state index in [-0.39, 0.29) is 5.41 Å². The minimum Gasteiger partial charge on any atom is -0.277 e. The average Bonchev–Trinajstić information content (AvgIpc) is 3.08. The van der Waals surface area contributed by atoms with Gasteiger partial charge in [0, 0.05) is 42.2 Å². The molecule has 4 nitrogen and oxygen atoms in total. The van der Waals surface area contributed by atoms with Crippen LogP contribution < -0.4 is 0 Å². The van der Waals surface area contributed by atoms with Gasteiger partial charge in [-0.2, -0.15) is 5.10 Å². The van der Waals surface area contributed by atoms with E-state index in [1.165, 1.54) is 17.6 Å². The lowest BCUT2D eigenvalue weighted by Gasteiger charge is -2.39. The van der Waals surface area contributed by atoms with Crippen molar-refractivity contribution in [1.29, 1.82) is 0 Å².